The number of rotatable bonds is 5. The molecule has 7 nitrogen and oxygen atoms in total. The number of carbonyl (C=O) groups excluding carboxylic acids is 1. The lowest BCUT2D eigenvalue weighted by molar-refractivity contribution is 0.0697. The average molecular weight is 451 g/mol. The summed E-state index contributed by atoms with van der Waals surface area (Å²) in [6.07, 6.45) is 1.59. The Hall–Kier alpha value is -3.23. The van der Waals surface area contributed by atoms with Crippen LogP contribution in [0.3, 0.4) is 0 Å². The van der Waals surface area contributed by atoms with Gasteiger partial charge >= 0.3 is 0 Å². The first-order valence-corrected chi connectivity index (χ1v) is 12.0. The monoisotopic (exact) mass is 450 g/mol. The molecule has 8 heteroatoms. The minimum absolute atomic E-state index is 0.112. The first kappa shape index (κ1) is 22.0. The highest BCUT2D eigenvalue weighted by atomic mass is 32.2. The van der Waals surface area contributed by atoms with Crippen LogP contribution in [0.5, 0.6) is 0 Å². The Balaban J connectivity index is 1.45. The molecule has 3 aromatic rings. The fourth-order valence-electron chi connectivity index (χ4n) is 3.89. The van der Waals surface area contributed by atoms with E-state index in [0.29, 0.717) is 24.3 Å². The van der Waals surface area contributed by atoms with E-state index in [-0.39, 0.29) is 19.0 Å². The number of aromatic nitrogens is 2. The molecule has 0 atom stereocenters. The summed E-state index contributed by atoms with van der Waals surface area (Å²) in [6.45, 7) is 4.92. The SMILES string of the molecule is Cc1nn(-c2ccccc2)c(C)c1C(=O)N1CCN(S(=O)(=O)/C=C/c2ccccc2)CC1. The molecular weight excluding hydrogens is 424 g/mol. The van der Waals surface area contributed by atoms with Crippen molar-refractivity contribution >= 4 is 22.0 Å². The van der Waals surface area contributed by atoms with Crippen LogP contribution in [-0.4, -0.2) is 59.5 Å². The Bertz CT molecular complexity index is 1230. The van der Waals surface area contributed by atoms with Gasteiger partial charge in [-0.1, -0.05) is 48.5 Å². The van der Waals surface area contributed by atoms with Gasteiger partial charge in [0.15, 0.2) is 0 Å². The van der Waals surface area contributed by atoms with E-state index < -0.39 is 10.0 Å². The highest BCUT2D eigenvalue weighted by Gasteiger charge is 2.30. The molecule has 32 heavy (non-hydrogen) atoms. The van der Waals surface area contributed by atoms with Crippen LogP contribution in [0.2, 0.25) is 0 Å². The van der Waals surface area contributed by atoms with Crippen LogP contribution < -0.4 is 0 Å². The van der Waals surface area contributed by atoms with Gasteiger partial charge in [0.25, 0.3) is 5.91 Å². The second-order valence-electron chi connectivity index (χ2n) is 7.74. The summed E-state index contributed by atoms with van der Waals surface area (Å²) in [7, 11) is -3.55. The number of amides is 1. The maximum Gasteiger partial charge on any atom is 0.257 e. The topological polar surface area (TPSA) is 75.5 Å². The van der Waals surface area contributed by atoms with Gasteiger partial charge in [0.1, 0.15) is 0 Å². The van der Waals surface area contributed by atoms with Gasteiger partial charge in [-0.3, -0.25) is 4.79 Å². The quantitative estimate of drug-likeness (QED) is 0.598. The summed E-state index contributed by atoms with van der Waals surface area (Å²) in [5.41, 5.74) is 3.74. The lowest BCUT2D eigenvalue weighted by Gasteiger charge is -2.33. The van der Waals surface area contributed by atoms with E-state index in [1.807, 2.05) is 74.5 Å². The molecule has 0 bridgehead atoms. The van der Waals surface area contributed by atoms with Gasteiger partial charge in [-0.2, -0.15) is 9.40 Å². The Kier molecular flexibility index (Phi) is 6.25. The second-order valence-corrected chi connectivity index (χ2v) is 9.56. The number of sulfonamides is 1. The summed E-state index contributed by atoms with van der Waals surface area (Å²) in [5.74, 6) is -0.112. The molecule has 166 valence electrons. The molecule has 1 saturated heterocycles. The summed E-state index contributed by atoms with van der Waals surface area (Å²) in [6, 6.07) is 19.0. The Morgan fingerprint density at radius 1 is 0.906 bits per heavy atom. The third kappa shape index (κ3) is 4.51. The third-order valence-electron chi connectivity index (χ3n) is 5.62. The van der Waals surface area contributed by atoms with E-state index in [1.165, 1.54) is 9.71 Å². The molecule has 1 fully saturated rings. The van der Waals surface area contributed by atoms with E-state index in [2.05, 4.69) is 5.10 Å². The maximum atomic E-state index is 13.2. The molecule has 4 rings (SSSR count). The Morgan fingerprint density at radius 2 is 1.50 bits per heavy atom. The summed E-state index contributed by atoms with van der Waals surface area (Å²) in [4.78, 5) is 15.0. The van der Waals surface area contributed by atoms with Crippen molar-refractivity contribution in [2.75, 3.05) is 26.2 Å². The van der Waals surface area contributed by atoms with Crippen LogP contribution in [0.25, 0.3) is 11.8 Å². The zero-order valence-corrected chi connectivity index (χ0v) is 19.0. The van der Waals surface area contributed by atoms with Crippen molar-refractivity contribution in [2.45, 2.75) is 13.8 Å². The van der Waals surface area contributed by atoms with Crippen LogP contribution in [-0.2, 0) is 10.0 Å². The Labute approximate surface area is 188 Å². The molecule has 1 aromatic heterocycles. The predicted octanol–water partition coefficient (Wildman–Crippen LogP) is 3.25. The second kappa shape index (κ2) is 9.10. The van der Waals surface area contributed by atoms with Crippen LogP contribution >= 0.6 is 0 Å². The molecule has 0 unspecified atom stereocenters. The fraction of sp³-hybridized carbons (Fsp3) is 0.250. The molecular formula is C24H26N4O3S. The molecule has 0 spiro atoms. The third-order valence-corrected chi connectivity index (χ3v) is 7.19. The standard InChI is InChI=1S/C24H26N4O3S/c1-19-23(20(2)28(25-19)22-11-7-4-8-12-22)24(29)26-14-16-27(17-15-26)32(30,31)18-13-21-9-5-3-6-10-21/h3-13,18H,14-17H2,1-2H3/b18-13+. The number of carbonyl (C=O) groups is 1. The van der Waals surface area contributed by atoms with Crippen molar-refractivity contribution < 1.29 is 13.2 Å². The highest BCUT2D eigenvalue weighted by Crippen LogP contribution is 2.21. The van der Waals surface area contributed by atoms with E-state index >= 15 is 0 Å². The van der Waals surface area contributed by atoms with E-state index in [0.717, 1.165) is 16.9 Å². The van der Waals surface area contributed by atoms with Gasteiger partial charge in [-0.15, -0.1) is 0 Å². The van der Waals surface area contributed by atoms with Crippen molar-refractivity contribution in [1.29, 1.82) is 0 Å². The summed E-state index contributed by atoms with van der Waals surface area (Å²) >= 11 is 0. The molecule has 0 saturated carbocycles. The molecule has 0 N–H and O–H groups in total. The van der Waals surface area contributed by atoms with Gasteiger partial charge in [-0.05, 0) is 37.6 Å². The minimum atomic E-state index is -3.55. The molecule has 0 aliphatic carbocycles. The van der Waals surface area contributed by atoms with Crippen LogP contribution in [0, 0.1) is 13.8 Å². The Morgan fingerprint density at radius 3 is 2.12 bits per heavy atom. The largest absolute Gasteiger partial charge is 0.336 e. The minimum Gasteiger partial charge on any atom is -0.336 e. The number of piperazine rings is 1. The van der Waals surface area contributed by atoms with E-state index in [4.69, 9.17) is 0 Å². The van der Waals surface area contributed by atoms with Crippen molar-refractivity contribution in [3.05, 3.63) is 88.6 Å². The number of benzene rings is 2. The summed E-state index contributed by atoms with van der Waals surface area (Å²) < 4.78 is 28.6. The molecule has 1 aliphatic rings. The van der Waals surface area contributed by atoms with Crippen molar-refractivity contribution in [3.8, 4) is 5.69 Å². The number of aryl methyl sites for hydroxylation is 1. The van der Waals surface area contributed by atoms with Gasteiger partial charge in [0, 0.05) is 31.6 Å². The predicted molar refractivity (Wildman–Crippen MR) is 125 cm³/mol. The molecule has 0 radical (unpaired) electrons. The van der Waals surface area contributed by atoms with Crippen molar-refractivity contribution in [1.82, 2.24) is 19.0 Å². The zero-order valence-electron chi connectivity index (χ0n) is 18.2. The first-order chi connectivity index (χ1) is 15.4. The van der Waals surface area contributed by atoms with E-state index in [9.17, 15) is 13.2 Å². The number of para-hydroxylation sites is 1. The first-order valence-electron chi connectivity index (χ1n) is 10.5. The normalized spacial score (nSPS) is 15.4. The smallest absolute Gasteiger partial charge is 0.257 e. The van der Waals surface area contributed by atoms with Gasteiger partial charge in [0.05, 0.1) is 22.6 Å². The summed E-state index contributed by atoms with van der Waals surface area (Å²) in [5, 5.41) is 5.79. The van der Waals surface area contributed by atoms with Crippen LogP contribution in [0.15, 0.2) is 66.1 Å². The highest BCUT2D eigenvalue weighted by molar-refractivity contribution is 7.92. The lowest BCUT2D eigenvalue weighted by Crippen LogP contribution is -2.50. The molecule has 2 aromatic carbocycles. The number of hydrogen-bond donors (Lipinski definition) is 0. The maximum absolute atomic E-state index is 13.2. The van der Waals surface area contributed by atoms with Crippen molar-refractivity contribution in [2.24, 2.45) is 0 Å². The molecule has 1 aliphatic heterocycles. The lowest BCUT2D eigenvalue weighted by atomic mass is 10.1. The van der Waals surface area contributed by atoms with Crippen LogP contribution in [0.1, 0.15) is 27.3 Å². The zero-order chi connectivity index (χ0) is 22.7. The van der Waals surface area contributed by atoms with Gasteiger partial charge in [-0.25, -0.2) is 13.1 Å². The van der Waals surface area contributed by atoms with E-state index in [1.54, 1.807) is 15.7 Å². The van der Waals surface area contributed by atoms with Gasteiger partial charge in [0.2, 0.25) is 10.0 Å². The molecule has 1 amide bonds. The van der Waals surface area contributed by atoms with Crippen LogP contribution in [0.4, 0.5) is 0 Å². The van der Waals surface area contributed by atoms with Gasteiger partial charge < -0.3 is 4.90 Å². The fourth-order valence-corrected chi connectivity index (χ4v) is 5.06. The molecule has 2 heterocycles. The number of hydrogen-bond acceptors (Lipinski definition) is 4. The average Bonchev–Trinajstić information content (AvgIpc) is 3.12. The van der Waals surface area contributed by atoms with Crippen molar-refractivity contribution in [3.63, 3.8) is 0 Å². The number of nitrogens with zero attached hydrogens (tertiary/aromatic N) is 4.